The second-order valence-electron chi connectivity index (χ2n) is 5.10. The van der Waals surface area contributed by atoms with Crippen LogP contribution in [-0.4, -0.2) is 52.0 Å². The first-order valence-electron chi connectivity index (χ1n) is 6.95. The Hall–Kier alpha value is -1.51. The van der Waals surface area contributed by atoms with Crippen molar-refractivity contribution in [2.45, 2.75) is 23.8 Å². The molecule has 0 unspecified atom stereocenters. The Morgan fingerprint density at radius 1 is 1.36 bits per heavy atom. The number of carbonyl (C=O) groups excluding carboxylic acids is 1. The zero-order chi connectivity index (χ0) is 16.3. The van der Waals surface area contributed by atoms with Gasteiger partial charge in [-0.05, 0) is 38.1 Å². The third kappa shape index (κ3) is 3.29. The number of nitrogens with zero attached hydrogens (tertiary/aromatic N) is 1. The monoisotopic (exact) mass is 330 g/mol. The molecule has 0 atom stereocenters. The summed E-state index contributed by atoms with van der Waals surface area (Å²) >= 11 is 0. The Bertz CT molecular complexity index is 655. The molecular weight excluding hydrogens is 311 g/mol. The molecular formula is C14H19FN2O4S. The fourth-order valence-corrected chi connectivity index (χ4v) is 4.17. The van der Waals surface area contributed by atoms with E-state index in [4.69, 9.17) is 0 Å². The summed E-state index contributed by atoms with van der Waals surface area (Å²) in [4.78, 5) is 11.4. The predicted molar refractivity (Wildman–Crippen MR) is 78.6 cm³/mol. The zero-order valence-electron chi connectivity index (χ0n) is 12.5. The summed E-state index contributed by atoms with van der Waals surface area (Å²) in [5.74, 6) is -1.51. The summed E-state index contributed by atoms with van der Waals surface area (Å²) in [6.45, 7) is 0.649. The smallest absolute Gasteiger partial charge is 0.339 e. The molecule has 1 N–H and O–H groups in total. The SMILES string of the molecule is CNC1CCN(S(=O)(=O)c2cc(F)ccc2C(=O)OC)CC1. The Balaban J connectivity index is 2.37. The molecule has 0 aromatic heterocycles. The minimum atomic E-state index is -3.94. The van der Waals surface area contributed by atoms with Crippen LogP contribution in [0.25, 0.3) is 0 Å². The van der Waals surface area contributed by atoms with E-state index in [1.54, 1.807) is 0 Å². The van der Waals surface area contributed by atoms with Gasteiger partial charge in [0.1, 0.15) is 5.82 Å². The summed E-state index contributed by atoms with van der Waals surface area (Å²) < 4.78 is 44.8. The molecule has 1 fully saturated rings. The van der Waals surface area contributed by atoms with Crippen molar-refractivity contribution in [2.75, 3.05) is 27.2 Å². The minimum absolute atomic E-state index is 0.153. The molecule has 8 heteroatoms. The number of sulfonamides is 1. The number of ether oxygens (including phenoxy) is 1. The van der Waals surface area contributed by atoms with Gasteiger partial charge in [-0.25, -0.2) is 17.6 Å². The molecule has 0 aliphatic carbocycles. The molecule has 0 amide bonds. The van der Waals surface area contributed by atoms with Gasteiger partial charge >= 0.3 is 5.97 Å². The van der Waals surface area contributed by atoms with Crippen LogP contribution in [0.2, 0.25) is 0 Å². The van der Waals surface area contributed by atoms with Gasteiger partial charge in [0.05, 0.1) is 17.6 Å². The molecule has 0 saturated carbocycles. The van der Waals surface area contributed by atoms with Gasteiger partial charge in [-0.3, -0.25) is 0 Å². The molecule has 1 heterocycles. The van der Waals surface area contributed by atoms with Gasteiger partial charge in [0.15, 0.2) is 0 Å². The Morgan fingerprint density at radius 2 is 2.00 bits per heavy atom. The maximum atomic E-state index is 13.5. The van der Waals surface area contributed by atoms with Gasteiger partial charge < -0.3 is 10.1 Å². The van der Waals surface area contributed by atoms with Gasteiger partial charge in [-0.15, -0.1) is 0 Å². The maximum absolute atomic E-state index is 13.5. The largest absolute Gasteiger partial charge is 0.465 e. The van der Waals surface area contributed by atoms with Crippen molar-refractivity contribution in [2.24, 2.45) is 0 Å². The Morgan fingerprint density at radius 3 is 2.55 bits per heavy atom. The van der Waals surface area contributed by atoms with Crippen LogP contribution in [0, 0.1) is 5.82 Å². The van der Waals surface area contributed by atoms with Crippen molar-refractivity contribution in [1.29, 1.82) is 0 Å². The Kier molecular flexibility index (Phi) is 5.15. The number of esters is 1. The molecule has 22 heavy (non-hydrogen) atoms. The van der Waals surface area contributed by atoms with E-state index in [2.05, 4.69) is 10.1 Å². The normalized spacial score (nSPS) is 17.4. The van der Waals surface area contributed by atoms with Crippen LogP contribution < -0.4 is 5.32 Å². The molecule has 6 nitrogen and oxygen atoms in total. The van der Waals surface area contributed by atoms with E-state index < -0.39 is 21.8 Å². The number of piperidine rings is 1. The number of carbonyl (C=O) groups is 1. The molecule has 122 valence electrons. The zero-order valence-corrected chi connectivity index (χ0v) is 13.3. The van der Waals surface area contributed by atoms with E-state index in [0.717, 1.165) is 25.3 Å². The van der Waals surface area contributed by atoms with Gasteiger partial charge in [0.2, 0.25) is 10.0 Å². The Labute approximate surface area is 129 Å². The van der Waals surface area contributed by atoms with E-state index in [9.17, 15) is 17.6 Å². The number of nitrogens with one attached hydrogen (secondary N) is 1. The summed E-state index contributed by atoms with van der Waals surface area (Å²) in [5, 5.41) is 3.11. The van der Waals surface area contributed by atoms with Crippen molar-refractivity contribution < 1.29 is 22.3 Å². The fraction of sp³-hybridized carbons (Fsp3) is 0.500. The molecule has 0 radical (unpaired) electrons. The van der Waals surface area contributed by atoms with E-state index in [1.165, 1.54) is 4.31 Å². The van der Waals surface area contributed by atoms with Crippen molar-refractivity contribution >= 4 is 16.0 Å². The van der Waals surface area contributed by atoms with Gasteiger partial charge in [-0.1, -0.05) is 0 Å². The lowest BCUT2D eigenvalue weighted by Gasteiger charge is -2.31. The fourth-order valence-electron chi connectivity index (χ4n) is 2.51. The first-order chi connectivity index (χ1) is 10.4. The predicted octanol–water partition coefficient (Wildman–Crippen LogP) is 0.985. The molecule has 2 rings (SSSR count). The standard InChI is InChI=1S/C14H19FN2O4S/c1-16-11-5-7-17(8-6-11)22(19,20)13-9-10(15)3-4-12(13)14(18)21-2/h3-4,9,11,16H,5-8H2,1-2H3. The highest BCUT2D eigenvalue weighted by molar-refractivity contribution is 7.89. The van der Waals surface area contributed by atoms with Crippen molar-refractivity contribution in [1.82, 2.24) is 9.62 Å². The molecule has 1 aliphatic rings. The summed E-state index contributed by atoms with van der Waals surface area (Å²) in [6.07, 6.45) is 1.33. The lowest BCUT2D eigenvalue weighted by molar-refractivity contribution is 0.0596. The molecule has 1 aliphatic heterocycles. The van der Waals surface area contributed by atoms with E-state index >= 15 is 0 Å². The average Bonchev–Trinajstić information content (AvgIpc) is 2.54. The van der Waals surface area contributed by atoms with Crippen LogP contribution in [0.5, 0.6) is 0 Å². The molecule has 1 aromatic rings. The second kappa shape index (κ2) is 6.72. The molecule has 1 aromatic carbocycles. The first kappa shape index (κ1) is 16.9. The second-order valence-corrected chi connectivity index (χ2v) is 7.01. The van der Waals surface area contributed by atoms with Gasteiger partial charge in [-0.2, -0.15) is 4.31 Å². The minimum Gasteiger partial charge on any atom is -0.465 e. The number of methoxy groups -OCH3 is 1. The van der Waals surface area contributed by atoms with Crippen molar-refractivity contribution in [3.05, 3.63) is 29.6 Å². The van der Waals surface area contributed by atoms with Crippen LogP contribution in [0.15, 0.2) is 23.1 Å². The van der Waals surface area contributed by atoms with Gasteiger partial charge in [0.25, 0.3) is 0 Å². The third-order valence-electron chi connectivity index (χ3n) is 3.83. The highest BCUT2D eigenvalue weighted by atomic mass is 32.2. The maximum Gasteiger partial charge on any atom is 0.339 e. The van der Waals surface area contributed by atoms with Gasteiger partial charge in [0, 0.05) is 19.1 Å². The highest BCUT2D eigenvalue weighted by Gasteiger charge is 2.32. The quantitative estimate of drug-likeness (QED) is 0.833. The molecule has 0 spiro atoms. The summed E-state index contributed by atoms with van der Waals surface area (Å²) in [6, 6.07) is 3.30. The molecule has 0 bridgehead atoms. The van der Waals surface area contributed by atoms with Crippen LogP contribution in [-0.2, 0) is 14.8 Å². The van der Waals surface area contributed by atoms with Crippen molar-refractivity contribution in [3.63, 3.8) is 0 Å². The third-order valence-corrected chi connectivity index (χ3v) is 5.77. The lowest BCUT2D eigenvalue weighted by Crippen LogP contribution is -2.44. The number of rotatable bonds is 4. The number of hydrogen-bond donors (Lipinski definition) is 1. The number of halogens is 1. The molecule has 1 saturated heterocycles. The topological polar surface area (TPSA) is 75.7 Å². The highest BCUT2D eigenvalue weighted by Crippen LogP contribution is 2.25. The van der Waals surface area contributed by atoms with Crippen LogP contribution in [0.1, 0.15) is 23.2 Å². The lowest BCUT2D eigenvalue weighted by atomic mass is 10.1. The number of benzene rings is 1. The van der Waals surface area contributed by atoms with Crippen LogP contribution in [0.4, 0.5) is 4.39 Å². The van der Waals surface area contributed by atoms with Crippen LogP contribution in [0.3, 0.4) is 0 Å². The number of hydrogen-bond acceptors (Lipinski definition) is 5. The first-order valence-corrected chi connectivity index (χ1v) is 8.39. The van der Waals surface area contributed by atoms with Crippen LogP contribution >= 0.6 is 0 Å². The van der Waals surface area contributed by atoms with E-state index in [0.29, 0.717) is 25.9 Å². The van der Waals surface area contributed by atoms with E-state index in [-0.39, 0.29) is 16.5 Å². The average molecular weight is 330 g/mol. The summed E-state index contributed by atoms with van der Waals surface area (Å²) in [5.41, 5.74) is -0.153. The van der Waals surface area contributed by atoms with E-state index in [1.807, 2.05) is 7.05 Å². The summed E-state index contributed by atoms with van der Waals surface area (Å²) in [7, 11) is -0.954. The van der Waals surface area contributed by atoms with Crippen molar-refractivity contribution in [3.8, 4) is 0 Å².